The molecule has 0 aliphatic carbocycles. The average Bonchev–Trinajstić information content (AvgIpc) is 1.84. The Morgan fingerprint density at radius 1 is 0.923 bits per heavy atom. The Bertz CT molecular complexity index is 117. The second-order valence-corrected chi connectivity index (χ2v) is 20.1. The van der Waals surface area contributed by atoms with E-state index in [1.807, 2.05) is 13.1 Å². The maximum Gasteiger partial charge on any atom is 0.342 e. The van der Waals surface area contributed by atoms with E-state index in [4.69, 9.17) is 67.5 Å². The van der Waals surface area contributed by atoms with Crippen LogP contribution in [0.1, 0.15) is 0 Å². The molecule has 0 aromatic carbocycles. The Morgan fingerprint density at radius 2 is 1.23 bits per heavy atom. The highest BCUT2D eigenvalue weighted by molar-refractivity contribution is 7.64. The van der Waals surface area contributed by atoms with Crippen LogP contribution in [0.25, 0.3) is 0 Å². The van der Waals surface area contributed by atoms with Gasteiger partial charge < -0.3 is 0 Å². The maximum atomic E-state index is 5.72. The Labute approximate surface area is 111 Å². The van der Waals surface area contributed by atoms with E-state index in [9.17, 15) is 0 Å². The molecule has 0 aliphatic heterocycles. The summed E-state index contributed by atoms with van der Waals surface area (Å²) in [5, 5.41) is 0. The summed E-state index contributed by atoms with van der Waals surface area (Å²) >= 11 is 32.7. The van der Waals surface area contributed by atoms with E-state index in [0.717, 1.165) is 0 Å². The molecule has 0 nitrogen and oxygen atoms in total. The lowest BCUT2D eigenvalue weighted by molar-refractivity contribution is 1.47. The lowest BCUT2D eigenvalue weighted by Gasteiger charge is -2.03. The van der Waals surface area contributed by atoms with Gasteiger partial charge in [0.1, 0.15) is 0 Å². The van der Waals surface area contributed by atoms with Crippen LogP contribution < -0.4 is 0 Å². The Morgan fingerprint density at radius 3 is 1.23 bits per heavy atom. The lowest BCUT2D eigenvalue weighted by Crippen LogP contribution is -2.18. The van der Waals surface area contributed by atoms with Gasteiger partial charge in [-0.1, -0.05) is 13.1 Å². The van der Waals surface area contributed by atoms with Crippen LogP contribution in [-0.4, -0.2) is 24.8 Å². The molecule has 0 unspecified atom stereocenters. The largest absolute Gasteiger partial charge is 0.342 e. The van der Waals surface area contributed by atoms with Crippen molar-refractivity contribution in [2.24, 2.45) is 0 Å². The van der Waals surface area contributed by atoms with E-state index in [1.165, 1.54) is 0 Å². The molecule has 0 aromatic rings. The highest BCUT2D eigenvalue weighted by Crippen LogP contribution is 2.24. The van der Waals surface area contributed by atoms with Crippen molar-refractivity contribution in [2.45, 2.75) is 19.1 Å². The highest BCUT2D eigenvalue weighted by Gasteiger charge is 2.22. The lowest BCUT2D eigenvalue weighted by atomic mass is 11.0. The Hall–Kier alpha value is 2.17. The number of alkyl halides is 2. The van der Waals surface area contributed by atoms with Gasteiger partial charge in [-0.2, -0.15) is 11.1 Å². The van der Waals surface area contributed by atoms with Gasteiger partial charge in [-0.3, -0.25) is 0 Å². The summed E-state index contributed by atoms with van der Waals surface area (Å²) in [4.78, 5) is 0. The van der Waals surface area contributed by atoms with E-state index in [-0.39, 0.29) is 0 Å². The molecule has 0 radical (unpaired) electrons. The summed E-state index contributed by atoms with van der Waals surface area (Å²) in [6.07, 6.45) is 0. The van der Waals surface area contributed by atoms with Gasteiger partial charge in [-0.15, -0.1) is 56.4 Å². The molecule has 82 valence electrons. The topological polar surface area (TPSA) is 0 Å². The van der Waals surface area contributed by atoms with Crippen LogP contribution in [0.15, 0.2) is 0 Å². The summed E-state index contributed by atoms with van der Waals surface area (Å²) in [6.45, 7) is 4.03. The number of hydrogen-bond donors (Lipinski definition) is 0. The number of hydrogen-bond acceptors (Lipinski definition) is 0. The molecular formula is C5H12Cl6Si2. The summed E-state index contributed by atoms with van der Waals surface area (Å²) in [7, 11) is -1.39. The van der Waals surface area contributed by atoms with E-state index < -0.39 is 13.4 Å². The fourth-order valence-corrected chi connectivity index (χ4v) is 2.89. The quantitative estimate of drug-likeness (QED) is 0.381. The van der Waals surface area contributed by atoms with Gasteiger partial charge in [0.25, 0.3) is 0 Å². The van der Waals surface area contributed by atoms with Crippen molar-refractivity contribution in [1.82, 2.24) is 0 Å². The van der Waals surface area contributed by atoms with Gasteiger partial charge in [0, 0.05) is 11.4 Å². The minimum Gasteiger partial charge on any atom is -0.166 e. The van der Waals surface area contributed by atoms with Crippen molar-refractivity contribution in [3.63, 3.8) is 0 Å². The molecule has 0 rings (SSSR count). The molecule has 0 N–H and O–H groups in total. The predicted molar refractivity (Wildman–Crippen MR) is 72.9 cm³/mol. The SMILES string of the molecule is C[Si](C)(Cl)CCl.ClCC[Si](Cl)(Cl)Cl. The first-order valence-corrected chi connectivity index (χ1v) is 14.0. The van der Waals surface area contributed by atoms with E-state index >= 15 is 0 Å². The van der Waals surface area contributed by atoms with Gasteiger partial charge in [0.15, 0.2) is 7.38 Å². The molecule has 0 saturated carbocycles. The minimum absolute atomic E-state index is 0.447. The Kier molecular flexibility index (Phi) is 11.3. The maximum absolute atomic E-state index is 5.72. The molecule has 8 heteroatoms. The highest BCUT2D eigenvalue weighted by atomic mass is 35.8. The third kappa shape index (κ3) is 25.0. The summed E-state index contributed by atoms with van der Waals surface area (Å²) in [5.41, 5.74) is 0.647. The van der Waals surface area contributed by atoms with Gasteiger partial charge >= 0.3 is 6.00 Å². The third-order valence-corrected chi connectivity index (χ3v) is 7.17. The second kappa shape index (κ2) is 8.34. The molecule has 0 bridgehead atoms. The molecule has 0 atom stereocenters. The van der Waals surface area contributed by atoms with E-state index in [0.29, 0.717) is 17.4 Å². The molecule has 0 aromatic heterocycles. The number of rotatable bonds is 3. The first-order chi connectivity index (χ1) is 5.62. The van der Waals surface area contributed by atoms with Crippen LogP contribution in [0.2, 0.25) is 19.1 Å². The Balaban J connectivity index is 0. The molecule has 0 fully saturated rings. The summed E-state index contributed by atoms with van der Waals surface area (Å²) < 4.78 is 0. The van der Waals surface area contributed by atoms with Crippen LogP contribution in [0.5, 0.6) is 0 Å². The zero-order valence-corrected chi connectivity index (χ0v) is 13.9. The molecule has 0 saturated heterocycles. The molecule has 0 spiro atoms. The van der Waals surface area contributed by atoms with E-state index in [1.54, 1.807) is 0 Å². The fourth-order valence-electron chi connectivity index (χ4n) is 0.107. The van der Waals surface area contributed by atoms with Crippen LogP contribution >= 0.6 is 67.5 Å². The van der Waals surface area contributed by atoms with Gasteiger partial charge in [-0.05, 0) is 6.04 Å². The van der Waals surface area contributed by atoms with Crippen molar-refractivity contribution in [3.8, 4) is 0 Å². The standard InChI is InChI=1S/C3H8Cl2Si.C2H4Cl4Si/c1-6(2,5)3-4;3-1-2-7(4,5)6/h3H2,1-2H3;1-2H2. The second-order valence-electron chi connectivity index (χ2n) is 2.91. The zero-order valence-electron chi connectivity index (χ0n) is 7.39. The van der Waals surface area contributed by atoms with Crippen molar-refractivity contribution >= 4 is 80.9 Å². The van der Waals surface area contributed by atoms with Gasteiger partial charge in [0.2, 0.25) is 0 Å². The van der Waals surface area contributed by atoms with E-state index in [2.05, 4.69) is 0 Å². The van der Waals surface area contributed by atoms with Crippen LogP contribution in [0.4, 0.5) is 0 Å². The van der Waals surface area contributed by atoms with Crippen molar-refractivity contribution in [3.05, 3.63) is 0 Å². The molecule has 0 aliphatic rings. The van der Waals surface area contributed by atoms with Crippen molar-refractivity contribution < 1.29 is 0 Å². The van der Waals surface area contributed by atoms with Crippen LogP contribution in [0, 0.1) is 0 Å². The fraction of sp³-hybridized carbons (Fsp3) is 1.00. The molecule has 0 amide bonds. The van der Waals surface area contributed by atoms with Crippen LogP contribution in [-0.2, 0) is 0 Å². The zero-order chi connectivity index (χ0) is 11.1. The number of halogens is 6. The van der Waals surface area contributed by atoms with Crippen LogP contribution in [0.3, 0.4) is 0 Å². The van der Waals surface area contributed by atoms with Gasteiger partial charge in [-0.25, -0.2) is 0 Å². The first kappa shape index (κ1) is 17.6. The summed E-state index contributed by atoms with van der Waals surface area (Å²) in [5.74, 6) is 0.447. The predicted octanol–water partition coefficient (Wildman–Crippen LogP) is 5.09. The normalized spacial score (nSPS) is 12.0. The smallest absolute Gasteiger partial charge is 0.166 e. The third-order valence-electron chi connectivity index (χ3n) is 0.696. The minimum atomic E-state index is -2.37. The van der Waals surface area contributed by atoms with Crippen molar-refractivity contribution in [2.75, 3.05) is 11.4 Å². The summed E-state index contributed by atoms with van der Waals surface area (Å²) in [6, 6.07) is -1.83. The molecule has 0 heterocycles. The monoisotopic (exact) mass is 338 g/mol. The molecule has 13 heavy (non-hydrogen) atoms. The average molecular weight is 341 g/mol. The molecular weight excluding hydrogens is 329 g/mol. The van der Waals surface area contributed by atoms with Crippen molar-refractivity contribution in [1.29, 1.82) is 0 Å². The van der Waals surface area contributed by atoms with Gasteiger partial charge in [0.05, 0.1) is 0 Å². The first-order valence-electron chi connectivity index (χ1n) is 3.50.